The predicted octanol–water partition coefficient (Wildman–Crippen LogP) is 4.46. The van der Waals surface area contributed by atoms with Crippen LogP contribution in [0.15, 0.2) is 18.3 Å². The molecule has 2 rings (SSSR count). The van der Waals surface area contributed by atoms with E-state index in [0.717, 1.165) is 18.8 Å². The van der Waals surface area contributed by atoms with Crippen LogP contribution < -0.4 is 5.32 Å². The fourth-order valence-electron chi connectivity index (χ4n) is 3.12. The van der Waals surface area contributed by atoms with Gasteiger partial charge in [0.2, 0.25) is 0 Å². The van der Waals surface area contributed by atoms with Crippen molar-refractivity contribution in [3.8, 4) is 0 Å². The van der Waals surface area contributed by atoms with Gasteiger partial charge in [-0.1, -0.05) is 38.8 Å². The number of nitrogens with zero attached hydrogens (tertiary/aromatic N) is 1. The minimum Gasteiger partial charge on any atom is -0.349 e. The first kappa shape index (κ1) is 16.3. The summed E-state index contributed by atoms with van der Waals surface area (Å²) in [5, 5.41) is 3.48. The molecular formula is C17H25ClN2O. The molecule has 0 spiro atoms. The summed E-state index contributed by atoms with van der Waals surface area (Å²) in [5.74, 6) is 0.725. The molecule has 4 heteroatoms. The standard InChI is InChI=1S/C17H25ClN2O/c1-4-17(2,3)13-5-7-14(8-6-13)20-16(21)12-9-10-19-15(18)11-12/h9-11,13-14H,4-8H2,1-3H3,(H,20,21). The van der Waals surface area contributed by atoms with Gasteiger partial charge in [0.1, 0.15) is 5.15 Å². The van der Waals surface area contributed by atoms with Crippen LogP contribution >= 0.6 is 11.6 Å². The van der Waals surface area contributed by atoms with E-state index < -0.39 is 0 Å². The van der Waals surface area contributed by atoms with Crippen LogP contribution in [-0.2, 0) is 0 Å². The molecule has 1 heterocycles. The van der Waals surface area contributed by atoms with E-state index in [1.165, 1.54) is 19.3 Å². The van der Waals surface area contributed by atoms with Crippen LogP contribution in [0.5, 0.6) is 0 Å². The molecule has 0 radical (unpaired) electrons. The highest BCUT2D eigenvalue weighted by molar-refractivity contribution is 6.29. The number of rotatable bonds is 4. The molecule has 0 atom stereocenters. The summed E-state index contributed by atoms with van der Waals surface area (Å²) in [6.45, 7) is 6.98. The minimum atomic E-state index is -0.0440. The van der Waals surface area contributed by atoms with Gasteiger partial charge < -0.3 is 5.32 Å². The van der Waals surface area contributed by atoms with Crippen LogP contribution in [0.1, 0.15) is 63.2 Å². The number of carbonyl (C=O) groups is 1. The molecule has 1 saturated carbocycles. The monoisotopic (exact) mass is 308 g/mol. The van der Waals surface area contributed by atoms with Crippen molar-refractivity contribution in [3.63, 3.8) is 0 Å². The number of hydrogen-bond acceptors (Lipinski definition) is 2. The van der Waals surface area contributed by atoms with Gasteiger partial charge >= 0.3 is 0 Å². The smallest absolute Gasteiger partial charge is 0.251 e. The van der Waals surface area contributed by atoms with Crippen LogP contribution in [0.4, 0.5) is 0 Å². The van der Waals surface area contributed by atoms with E-state index in [1.807, 2.05) is 0 Å². The van der Waals surface area contributed by atoms with E-state index in [9.17, 15) is 4.79 Å². The lowest BCUT2D eigenvalue weighted by Gasteiger charge is -2.39. The van der Waals surface area contributed by atoms with Crippen molar-refractivity contribution < 1.29 is 4.79 Å². The highest BCUT2D eigenvalue weighted by Gasteiger charge is 2.32. The SMILES string of the molecule is CCC(C)(C)C1CCC(NC(=O)c2ccnc(Cl)c2)CC1. The number of nitrogens with one attached hydrogen (secondary N) is 1. The van der Waals surface area contributed by atoms with Gasteiger partial charge in [0.05, 0.1) is 0 Å². The maximum absolute atomic E-state index is 12.2. The molecule has 3 nitrogen and oxygen atoms in total. The number of carbonyl (C=O) groups excluding carboxylic acids is 1. The lowest BCUT2D eigenvalue weighted by molar-refractivity contribution is 0.0893. The average molecular weight is 309 g/mol. The third kappa shape index (κ3) is 4.19. The van der Waals surface area contributed by atoms with E-state index in [4.69, 9.17) is 11.6 Å². The van der Waals surface area contributed by atoms with Crippen LogP contribution in [0.2, 0.25) is 5.15 Å². The fraction of sp³-hybridized carbons (Fsp3) is 0.647. The van der Waals surface area contributed by atoms with E-state index in [1.54, 1.807) is 18.3 Å². The van der Waals surface area contributed by atoms with Gasteiger partial charge in [-0.25, -0.2) is 4.98 Å². The Hall–Kier alpha value is -1.09. The Balaban J connectivity index is 1.88. The summed E-state index contributed by atoms with van der Waals surface area (Å²) in [6.07, 6.45) is 7.31. The molecule has 116 valence electrons. The van der Waals surface area contributed by atoms with E-state index in [-0.39, 0.29) is 11.9 Å². The van der Waals surface area contributed by atoms with Gasteiger partial charge in [0.15, 0.2) is 0 Å². The summed E-state index contributed by atoms with van der Waals surface area (Å²) in [4.78, 5) is 16.1. The normalized spacial score (nSPS) is 22.9. The van der Waals surface area contributed by atoms with Crippen LogP contribution in [0.3, 0.4) is 0 Å². The number of halogens is 1. The van der Waals surface area contributed by atoms with Crippen LogP contribution in [-0.4, -0.2) is 16.9 Å². The van der Waals surface area contributed by atoms with E-state index >= 15 is 0 Å². The van der Waals surface area contributed by atoms with Gasteiger partial charge in [-0.15, -0.1) is 0 Å². The molecule has 1 aromatic heterocycles. The van der Waals surface area contributed by atoms with Gasteiger partial charge in [-0.2, -0.15) is 0 Å². The zero-order valence-corrected chi connectivity index (χ0v) is 13.9. The second kappa shape index (κ2) is 6.78. The van der Waals surface area contributed by atoms with Crippen molar-refractivity contribution in [1.29, 1.82) is 0 Å². The molecule has 1 aliphatic carbocycles. The number of amides is 1. The highest BCUT2D eigenvalue weighted by atomic mass is 35.5. The molecule has 1 aliphatic rings. The van der Waals surface area contributed by atoms with Gasteiger partial charge in [-0.3, -0.25) is 4.79 Å². The first-order chi connectivity index (χ1) is 9.92. The van der Waals surface area contributed by atoms with Crippen LogP contribution in [0.25, 0.3) is 0 Å². The second-order valence-electron chi connectivity index (χ2n) is 6.73. The molecule has 1 aromatic rings. The third-order valence-corrected chi connectivity index (χ3v) is 5.27. The van der Waals surface area contributed by atoms with Crippen molar-refractivity contribution in [1.82, 2.24) is 10.3 Å². The third-order valence-electron chi connectivity index (χ3n) is 5.07. The maximum atomic E-state index is 12.2. The van der Waals surface area contributed by atoms with Gasteiger partial charge in [0.25, 0.3) is 5.91 Å². The molecule has 21 heavy (non-hydrogen) atoms. The summed E-state index contributed by atoms with van der Waals surface area (Å²) in [6, 6.07) is 3.60. The lowest BCUT2D eigenvalue weighted by atomic mass is 9.69. The number of pyridine rings is 1. The number of aromatic nitrogens is 1. The van der Waals surface area contributed by atoms with Crippen molar-refractivity contribution in [3.05, 3.63) is 29.0 Å². The Morgan fingerprint density at radius 1 is 1.38 bits per heavy atom. The first-order valence-corrected chi connectivity index (χ1v) is 8.22. The molecule has 1 N–H and O–H groups in total. The fourth-order valence-corrected chi connectivity index (χ4v) is 3.29. The van der Waals surface area contributed by atoms with Crippen molar-refractivity contribution in [2.45, 2.75) is 58.9 Å². The Kier molecular flexibility index (Phi) is 5.26. The van der Waals surface area contributed by atoms with Crippen molar-refractivity contribution in [2.24, 2.45) is 11.3 Å². The predicted molar refractivity (Wildman–Crippen MR) is 86.5 cm³/mol. The average Bonchev–Trinajstić information content (AvgIpc) is 2.48. The zero-order valence-electron chi connectivity index (χ0n) is 13.2. The zero-order chi connectivity index (χ0) is 15.5. The maximum Gasteiger partial charge on any atom is 0.251 e. The molecule has 0 aliphatic heterocycles. The lowest BCUT2D eigenvalue weighted by Crippen LogP contribution is -2.39. The summed E-state index contributed by atoms with van der Waals surface area (Å²) >= 11 is 5.83. The van der Waals surface area contributed by atoms with E-state index in [2.05, 4.69) is 31.1 Å². The molecule has 0 unspecified atom stereocenters. The first-order valence-electron chi connectivity index (χ1n) is 7.85. The van der Waals surface area contributed by atoms with Gasteiger partial charge in [0, 0.05) is 17.8 Å². The quantitative estimate of drug-likeness (QED) is 0.834. The molecule has 0 aromatic carbocycles. The number of hydrogen-bond donors (Lipinski definition) is 1. The summed E-state index contributed by atoms with van der Waals surface area (Å²) < 4.78 is 0. The van der Waals surface area contributed by atoms with Crippen molar-refractivity contribution >= 4 is 17.5 Å². The van der Waals surface area contributed by atoms with Crippen LogP contribution in [0, 0.1) is 11.3 Å². The Labute approximate surface area is 132 Å². The molecule has 1 fully saturated rings. The van der Waals surface area contributed by atoms with Crippen molar-refractivity contribution in [2.75, 3.05) is 0 Å². The molecule has 0 saturated heterocycles. The molecular weight excluding hydrogens is 284 g/mol. The van der Waals surface area contributed by atoms with Gasteiger partial charge in [-0.05, 0) is 49.1 Å². The highest BCUT2D eigenvalue weighted by Crippen LogP contribution is 2.40. The second-order valence-corrected chi connectivity index (χ2v) is 7.12. The largest absolute Gasteiger partial charge is 0.349 e. The minimum absolute atomic E-state index is 0.0440. The summed E-state index contributed by atoms with van der Waals surface area (Å²) in [7, 11) is 0. The Morgan fingerprint density at radius 2 is 2.05 bits per heavy atom. The van der Waals surface area contributed by atoms with E-state index in [0.29, 0.717) is 16.1 Å². The Morgan fingerprint density at radius 3 is 2.62 bits per heavy atom. The summed E-state index contributed by atoms with van der Waals surface area (Å²) in [5.41, 5.74) is 0.999. The molecule has 0 bridgehead atoms. The Bertz CT molecular complexity index is 493. The molecule has 1 amide bonds. The topological polar surface area (TPSA) is 42.0 Å².